The van der Waals surface area contributed by atoms with Gasteiger partial charge in [-0.15, -0.1) is 5.10 Å². The van der Waals surface area contributed by atoms with E-state index >= 15 is 0 Å². The Kier molecular flexibility index (Phi) is 4.92. The number of anilines is 1. The highest BCUT2D eigenvalue weighted by Crippen LogP contribution is 2.32. The lowest BCUT2D eigenvalue weighted by Crippen LogP contribution is -2.33. The first kappa shape index (κ1) is 16.3. The van der Waals surface area contributed by atoms with Crippen LogP contribution < -0.4 is 11.5 Å². The number of hydrogen-bond donors (Lipinski definition) is 4. The maximum absolute atomic E-state index is 10.3. The van der Waals surface area contributed by atoms with E-state index in [9.17, 15) is 10.2 Å². The summed E-state index contributed by atoms with van der Waals surface area (Å²) < 4.78 is 7.09. The number of aliphatic hydroxyl groups is 2. The molecule has 1 fully saturated rings. The average molecular weight is 341 g/mol. The molecule has 0 saturated carbocycles. The van der Waals surface area contributed by atoms with E-state index in [1.165, 1.54) is 11.0 Å². The lowest BCUT2D eigenvalue weighted by atomic mass is 10.1. The molecule has 0 aromatic carbocycles. The fourth-order valence-corrected chi connectivity index (χ4v) is 3.45. The first-order chi connectivity index (χ1) is 11.1. The second kappa shape index (κ2) is 6.93. The average Bonchev–Trinajstić information content (AvgIpc) is 3.09. The number of fused-ring (bicyclic) bond motifs is 1. The molecule has 6 N–H and O–H groups in total. The molecule has 1 aliphatic heterocycles. The lowest BCUT2D eigenvalue weighted by molar-refractivity contribution is -0.0372. The van der Waals surface area contributed by atoms with Gasteiger partial charge in [0.1, 0.15) is 18.5 Å². The van der Waals surface area contributed by atoms with Gasteiger partial charge < -0.3 is 26.4 Å². The minimum absolute atomic E-state index is 0.197. The quantitative estimate of drug-likeness (QED) is 0.456. The summed E-state index contributed by atoms with van der Waals surface area (Å²) in [5, 5.41) is 28.3. The second-order valence-electron chi connectivity index (χ2n) is 5.23. The van der Waals surface area contributed by atoms with E-state index in [1.807, 2.05) is 0 Å². The van der Waals surface area contributed by atoms with E-state index in [-0.39, 0.29) is 5.82 Å². The normalized spacial score (nSPS) is 27.8. The third-order valence-electron chi connectivity index (χ3n) is 3.64. The predicted molar refractivity (Wildman–Crippen MR) is 84.5 cm³/mol. The van der Waals surface area contributed by atoms with Gasteiger partial charge in [0.05, 0.1) is 6.10 Å². The standard InChI is InChI=1S/C12H19N7O3S/c13-2-1-3-23-4-6-8(20)9(21)12(22-6)19-11-7(17-18-19)10(14)15-5-16-11/h5-6,8-9,12,20-21H,1-4,13H2,(H2,14,15,16)/t6-,8-,9-,12-/m1/s1. The van der Waals surface area contributed by atoms with Crippen molar-refractivity contribution in [3.63, 3.8) is 0 Å². The van der Waals surface area contributed by atoms with E-state index in [0.29, 0.717) is 23.5 Å². The van der Waals surface area contributed by atoms with Crippen LogP contribution in [0.5, 0.6) is 0 Å². The van der Waals surface area contributed by atoms with Crippen molar-refractivity contribution in [2.75, 3.05) is 23.8 Å². The van der Waals surface area contributed by atoms with Gasteiger partial charge >= 0.3 is 0 Å². The molecule has 0 aliphatic carbocycles. The third kappa shape index (κ3) is 3.10. The summed E-state index contributed by atoms with van der Waals surface area (Å²) >= 11 is 1.62. The van der Waals surface area contributed by atoms with Gasteiger partial charge in [0, 0.05) is 5.75 Å². The molecule has 0 spiro atoms. The molecule has 0 unspecified atom stereocenters. The number of hydrogen-bond acceptors (Lipinski definition) is 10. The highest BCUT2D eigenvalue weighted by atomic mass is 32.2. The third-order valence-corrected chi connectivity index (χ3v) is 4.78. The molecule has 3 rings (SSSR count). The van der Waals surface area contributed by atoms with Crippen LogP contribution in [0.1, 0.15) is 12.6 Å². The molecule has 4 atom stereocenters. The number of nitrogens with two attached hydrogens (primary N) is 2. The van der Waals surface area contributed by atoms with E-state index in [0.717, 1.165) is 12.2 Å². The van der Waals surface area contributed by atoms with Gasteiger partial charge in [-0.2, -0.15) is 16.4 Å². The summed E-state index contributed by atoms with van der Waals surface area (Å²) in [6, 6.07) is 0. The molecule has 3 heterocycles. The van der Waals surface area contributed by atoms with Crippen molar-refractivity contribution >= 4 is 28.7 Å². The van der Waals surface area contributed by atoms with Gasteiger partial charge in [0.25, 0.3) is 0 Å². The topological polar surface area (TPSA) is 158 Å². The van der Waals surface area contributed by atoms with Crippen LogP contribution in [0.25, 0.3) is 11.2 Å². The Morgan fingerprint density at radius 1 is 1.30 bits per heavy atom. The molecule has 2 aromatic rings. The summed E-state index contributed by atoms with van der Waals surface area (Å²) in [7, 11) is 0. The number of rotatable bonds is 6. The Morgan fingerprint density at radius 3 is 2.91 bits per heavy atom. The van der Waals surface area contributed by atoms with Crippen LogP contribution in [0.15, 0.2) is 6.33 Å². The number of aliphatic hydroxyl groups excluding tert-OH is 2. The van der Waals surface area contributed by atoms with Gasteiger partial charge in [-0.3, -0.25) is 0 Å². The van der Waals surface area contributed by atoms with Crippen LogP contribution in [0, 0.1) is 0 Å². The molecule has 23 heavy (non-hydrogen) atoms. The smallest absolute Gasteiger partial charge is 0.186 e. The van der Waals surface area contributed by atoms with Crippen molar-refractivity contribution < 1.29 is 14.9 Å². The van der Waals surface area contributed by atoms with Crippen molar-refractivity contribution in [3.8, 4) is 0 Å². The van der Waals surface area contributed by atoms with Crippen molar-refractivity contribution in [3.05, 3.63) is 6.33 Å². The molecule has 11 heteroatoms. The summed E-state index contributed by atoms with van der Waals surface area (Å²) in [6.07, 6.45) is -1.33. The molecule has 1 aliphatic rings. The molecule has 0 bridgehead atoms. The Hall–Kier alpha value is -1.53. The lowest BCUT2D eigenvalue weighted by Gasteiger charge is -2.14. The van der Waals surface area contributed by atoms with Crippen LogP contribution in [0.4, 0.5) is 5.82 Å². The van der Waals surface area contributed by atoms with E-state index < -0.39 is 24.5 Å². The van der Waals surface area contributed by atoms with Gasteiger partial charge in [-0.05, 0) is 18.7 Å². The van der Waals surface area contributed by atoms with Gasteiger partial charge in [-0.1, -0.05) is 5.21 Å². The fourth-order valence-electron chi connectivity index (χ4n) is 2.41. The monoisotopic (exact) mass is 341 g/mol. The SMILES string of the molecule is NCCCSC[C@H]1O[C@@H](n2nnc3c(N)ncnc32)[C@H](O)[C@@H]1O. The number of thioether (sulfide) groups is 1. The molecule has 10 nitrogen and oxygen atoms in total. The molecular formula is C12H19N7O3S. The maximum atomic E-state index is 10.3. The van der Waals surface area contributed by atoms with Crippen LogP contribution >= 0.6 is 11.8 Å². The zero-order valence-electron chi connectivity index (χ0n) is 12.3. The zero-order valence-corrected chi connectivity index (χ0v) is 13.1. The summed E-state index contributed by atoms with van der Waals surface area (Å²) in [4.78, 5) is 7.91. The number of ether oxygens (including phenoxy) is 1. The highest BCUT2D eigenvalue weighted by molar-refractivity contribution is 7.99. The van der Waals surface area contributed by atoms with Crippen molar-refractivity contribution in [2.45, 2.75) is 31.0 Å². The minimum Gasteiger partial charge on any atom is -0.387 e. The Labute approximate surface area is 136 Å². The predicted octanol–water partition coefficient (Wildman–Crippen LogP) is -1.50. The number of nitrogens with zero attached hydrogens (tertiary/aromatic N) is 5. The first-order valence-electron chi connectivity index (χ1n) is 7.24. The largest absolute Gasteiger partial charge is 0.387 e. The second-order valence-corrected chi connectivity index (χ2v) is 6.38. The van der Waals surface area contributed by atoms with Gasteiger partial charge in [0.2, 0.25) is 0 Å². The van der Waals surface area contributed by atoms with Crippen LogP contribution in [0.2, 0.25) is 0 Å². The van der Waals surface area contributed by atoms with Gasteiger partial charge in [-0.25, -0.2) is 9.97 Å². The fraction of sp³-hybridized carbons (Fsp3) is 0.667. The zero-order chi connectivity index (χ0) is 16.4. The van der Waals surface area contributed by atoms with Crippen LogP contribution in [-0.2, 0) is 4.74 Å². The first-order valence-corrected chi connectivity index (χ1v) is 8.39. The molecule has 126 valence electrons. The highest BCUT2D eigenvalue weighted by Gasteiger charge is 2.44. The number of aromatic nitrogens is 5. The van der Waals surface area contributed by atoms with Crippen molar-refractivity contribution in [1.82, 2.24) is 25.0 Å². The number of nitrogen functional groups attached to an aromatic ring is 1. The van der Waals surface area contributed by atoms with Crippen molar-refractivity contribution in [1.29, 1.82) is 0 Å². The minimum atomic E-state index is -1.13. The molecule has 0 amide bonds. The Balaban J connectivity index is 1.76. The van der Waals surface area contributed by atoms with Crippen LogP contribution in [0.3, 0.4) is 0 Å². The Bertz CT molecular complexity index is 669. The van der Waals surface area contributed by atoms with Crippen molar-refractivity contribution in [2.24, 2.45) is 5.73 Å². The summed E-state index contributed by atoms with van der Waals surface area (Å²) in [5.74, 6) is 1.63. The molecule has 0 radical (unpaired) electrons. The maximum Gasteiger partial charge on any atom is 0.186 e. The van der Waals surface area contributed by atoms with E-state index in [4.69, 9.17) is 16.2 Å². The molecule has 2 aromatic heterocycles. The van der Waals surface area contributed by atoms with E-state index in [1.54, 1.807) is 11.8 Å². The van der Waals surface area contributed by atoms with Gasteiger partial charge in [0.15, 0.2) is 23.2 Å². The Morgan fingerprint density at radius 2 is 2.13 bits per heavy atom. The van der Waals surface area contributed by atoms with Crippen LogP contribution in [-0.4, -0.2) is 71.5 Å². The summed E-state index contributed by atoms with van der Waals surface area (Å²) in [5.41, 5.74) is 11.9. The molecular weight excluding hydrogens is 322 g/mol. The summed E-state index contributed by atoms with van der Waals surface area (Å²) in [6.45, 7) is 0.623. The molecule has 1 saturated heterocycles. The van der Waals surface area contributed by atoms with E-state index in [2.05, 4.69) is 20.3 Å².